The zero-order valence-corrected chi connectivity index (χ0v) is 12.9. The Bertz CT molecular complexity index is 947. The van der Waals surface area contributed by atoms with Crippen LogP contribution in [0.2, 0.25) is 0 Å². The second-order valence-electron chi connectivity index (χ2n) is 4.88. The zero-order chi connectivity index (χ0) is 14.9. The molecule has 0 aliphatic rings. The lowest BCUT2D eigenvalue weighted by atomic mass is 10.2. The zero-order valence-electron chi connectivity index (χ0n) is 12.1. The van der Waals surface area contributed by atoms with Crippen molar-refractivity contribution in [1.29, 1.82) is 0 Å². The average Bonchev–Trinajstić information content (AvgIpc) is 3.02. The van der Waals surface area contributed by atoms with Gasteiger partial charge in [0, 0.05) is 10.9 Å². The van der Waals surface area contributed by atoms with Gasteiger partial charge in [0.05, 0.1) is 5.52 Å². The SMILES string of the molecule is CCSc1nc2ccccc2c2nc(-c3ccccc3)nn12. The number of aromatic nitrogens is 4. The fourth-order valence-electron chi connectivity index (χ4n) is 2.46. The molecular formula is C17H14N4S. The van der Waals surface area contributed by atoms with Crippen LogP contribution < -0.4 is 0 Å². The van der Waals surface area contributed by atoms with Crippen molar-refractivity contribution >= 4 is 28.3 Å². The Morgan fingerprint density at radius 1 is 0.955 bits per heavy atom. The molecule has 108 valence electrons. The van der Waals surface area contributed by atoms with Crippen LogP contribution in [0.15, 0.2) is 59.8 Å². The van der Waals surface area contributed by atoms with Crippen LogP contribution in [0.5, 0.6) is 0 Å². The second kappa shape index (κ2) is 5.42. The maximum absolute atomic E-state index is 4.75. The molecule has 2 heterocycles. The lowest BCUT2D eigenvalue weighted by Gasteiger charge is -2.04. The highest BCUT2D eigenvalue weighted by atomic mass is 32.2. The number of hydrogen-bond donors (Lipinski definition) is 0. The van der Waals surface area contributed by atoms with Gasteiger partial charge in [-0.25, -0.2) is 9.97 Å². The summed E-state index contributed by atoms with van der Waals surface area (Å²) in [5, 5.41) is 6.58. The largest absolute Gasteiger partial charge is 0.222 e. The normalized spacial score (nSPS) is 11.3. The third-order valence-corrected chi connectivity index (χ3v) is 4.27. The Balaban J connectivity index is 2.04. The van der Waals surface area contributed by atoms with Gasteiger partial charge in [0.1, 0.15) is 0 Å². The smallest absolute Gasteiger partial charge is 0.191 e. The number of para-hydroxylation sites is 1. The highest BCUT2D eigenvalue weighted by Crippen LogP contribution is 2.26. The Kier molecular flexibility index (Phi) is 3.27. The van der Waals surface area contributed by atoms with Gasteiger partial charge in [0.15, 0.2) is 16.6 Å². The van der Waals surface area contributed by atoms with Crippen molar-refractivity contribution in [2.24, 2.45) is 0 Å². The summed E-state index contributed by atoms with van der Waals surface area (Å²) >= 11 is 1.68. The van der Waals surface area contributed by atoms with Gasteiger partial charge in [0.2, 0.25) is 0 Å². The van der Waals surface area contributed by atoms with E-state index in [1.54, 1.807) is 11.8 Å². The summed E-state index contributed by atoms with van der Waals surface area (Å²) in [6.45, 7) is 2.11. The molecule has 2 aromatic carbocycles. The molecule has 22 heavy (non-hydrogen) atoms. The average molecular weight is 306 g/mol. The summed E-state index contributed by atoms with van der Waals surface area (Å²) in [7, 11) is 0. The molecule has 4 rings (SSSR count). The van der Waals surface area contributed by atoms with Gasteiger partial charge in [-0.1, -0.05) is 61.2 Å². The Morgan fingerprint density at radius 2 is 1.73 bits per heavy atom. The Hall–Kier alpha value is -2.40. The molecule has 0 aliphatic heterocycles. The van der Waals surface area contributed by atoms with Gasteiger partial charge in [-0.05, 0) is 17.9 Å². The van der Waals surface area contributed by atoms with Crippen LogP contribution >= 0.6 is 11.8 Å². The van der Waals surface area contributed by atoms with E-state index in [1.165, 1.54) is 0 Å². The van der Waals surface area contributed by atoms with Crippen LogP contribution in [0, 0.1) is 0 Å². The lowest BCUT2D eigenvalue weighted by Crippen LogP contribution is -1.98. The fourth-order valence-corrected chi connectivity index (χ4v) is 3.13. The molecule has 0 N–H and O–H groups in total. The van der Waals surface area contributed by atoms with Crippen LogP contribution in [0.25, 0.3) is 27.9 Å². The predicted molar refractivity (Wildman–Crippen MR) is 90.1 cm³/mol. The second-order valence-corrected chi connectivity index (χ2v) is 6.11. The molecule has 0 radical (unpaired) electrons. The van der Waals surface area contributed by atoms with Crippen LogP contribution in [-0.4, -0.2) is 25.3 Å². The van der Waals surface area contributed by atoms with Gasteiger partial charge in [-0.2, -0.15) is 4.52 Å². The van der Waals surface area contributed by atoms with E-state index >= 15 is 0 Å². The van der Waals surface area contributed by atoms with Gasteiger partial charge in [-0.3, -0.25) is 0 Å². The molecular weight excluding hydrogens is 292 g/mol. The van der Waals surface area contributed by atoms with Gasteiger partial charge in [-0.15, -0.1) is 5.10 Å². The van der Waals surface area contributed by atoms with Crippen LogP contribution in [0.4, 0.5) is 0 Å². The monoisotopic (exact) mass is 306 g/mol. The molecule has 0 fully saturated rings. The first-order valence-corrected chi connectivity index (χ1v) is 8.19. The number of fused-ring (bicyclic) bond motifs is 3. The summed E-state index contributed by atoms with van der Waals surface area (Å²) in [5.41, 5.74) is 2.83. The standard InChI is InChI=1S/C17H14N4S/c1-2-22-17-18-14-11-7-6-10-13(14)16-19-15(20-21(16)17)12-8-4-3-5-9-12/h3-11H,2H2,1H3. The van der Waals surface area contributed by atoms with Gasteiger partial charge < -0.3 is 0 Å². The summed E-state index contributed by atoms with van der Waals surface area (Å²) < 4.78 is 1.86. The third-order valence-electron chi connectivity index (χ3n) is 3.45. The van der Waals surface area contributed by atoms with Crippen molar-refractivity contribution in [3.8, 4) is 11.4 Å². The minimum atomic E-state index is 0.733. The molecule has 5 heteroatoms. The van der Waals surface area contributed by atoms with E-state index in [0.717, 1.165) is 38.8 Å². The van der Waals surface area contributed by atoms with Crippen molar-refractivity contribution in [2.45, 2.75) is 12.1 Å². The highest BCUT2D eigenvalue weighted by molar-refractivity contribution is 7.99. The molecule has 0 saturated carbocycles. The van der Waals surface area contributed by atoms with E-state index < -0.39 is 0 Å². The minimum absolute atomic E-state index is 0.733. The summed E-state index contributed by atoms with van der Waals surface area (Å²) in [6, 6.07) is 18.1. The van der Waals surface area contributed by atoms with E-state index in [9.17, 15) is 0 Å². The van der Waals surface area contributed by atoms with Crippen LogP contribution in [0.3, 0.4) is 0 Å². The van der Waals surface area contributed by atoms with Gasteiger partial charge in [0.25, 0.3) is 0 Å². The topological polar surface area (TPSA) is 43.1 Å². The van der Waals surface area contributed by atoms with E-state index in [1.807, 2.05) is 59.1 Å². The Morgan fingerprint density at radius 3 is 2.55 bits per heavy atom. The number of thioether (sulfide) groups is 1. The number of nitrogens with zero attached hydrogens (tertiary/aromatic N) is 4. The number of benzene rings is 2. The highest BCUT2D eigenvalue weighted by Gasteiger charge is 2.13. The van der Waals surface area contributed by atoms with E-state index in [4.69, 9.17) is 9.97 Å². The molecule has 0 amide bonds. The predicted octanol–water partition coefficient (Wildman–Crippen LogP) is 4.06. The first-order chi connectivity index (χ1) is 10.9. The Labute approximate surface area is 132 Å². The molecule has 0 saturated heterocycles. The lowest BCUT2D eigenvalue weighted by molar-refractivity contribution is 0.812. The van der Waals surface area contributed by atoms with Crippen LogP contribution in [0.1, 0.15) is 6.92 Å². The molecule has 0 atom stereocenters. The van der Waals surface area contributed by atoms with Crippen molar-refractivity contribution in [3.05, 3.63) is 54.6 Å². The van der Waals surface area contributed by atoms with E-state index in [0.29, 0.717) is 0 Å². The first kappa shape index (κ1) is 13.3. The number of hydrogen-bond acceptors (Lipinski definition) is 4. The van der Waals surface area contributed by atoms with Crippen LogP contribution in [-0.2, 0) is 0 Å². The molecule has 0 unspecified atom stereocenters. The van der Waals surface area contributed by atoms with E-state index in [-0.39, 0.29) is 0 Å². The summed E-state index contributed by atoms with van der Waals surface area (Å²) in [4.78, 5) is 9.48. The molecule has 2 aromatic heterocycles. The molecule has 4 aromatic rings. The summed E-state index contributed by atoms with van der Waals surface area (Å²) in [5.74, 6) is 1.68. The first-order valence-electron chi connectivity index (χ1n) is 7.20. The van der Waals surface area contributed by atoms with Gasteiger partial charge >= 0.3 is 0 Å². The molecule has 0 bridgehead atoms. The van der Waals surface area contributed by atoms with E-state index in [2.05, 4.69) is 12.0 Å². The molecule has 4 nitrogen and oxygen atoms in total. The molecule has 0 spiro atoms. The van der Waals surface area contributed by atoms with Crippen molar-refractivity contribution < 1.29 is 0 Å². The summed E-state index contributed by atoms with van der Waals surface area (Å²) in [6.07, 6.45) is 0. The van der Waals surface area contributed by atoms with Crippen molar-refractivity contribution in [3.63, 3.8) is 0 Å². The minimum Gasteiger partial charge on any atom is -0.222 e. The quantitative estimate of drug-likeness (QED) is 0.423. The van der Waals surface area contributed by atoms with Crippen molar-refractivity contribution in [2.75, 3.05) is 5.75 Å². The third kappa shape index (κ3) is 2.14. The maximum Gasteiger partial charge on any atom is 0.191 e. The maximum atomic E-state index is 4.75. The fraction of sp³-hybridized carbons (Fsp3) is 0.118. The van der Waals surface area contributed by atoms with Crippen molar-refractivity contribution in [1.82, 2.24) is 19.6 Å². The number of rotatable bonds is 3. The molecule has 0 aliphatic carbocycles.